The van der Waals surface area contributed by atoms with Crippen LogP contribution < -0.4 is 4.90 Å². The van der Waals surface area contributed by atoms with Crippen LogP contribution in [0, 0.1) is 5.82 Å². The summed E-state index contributed by atoms with van der Waals surface area (Å²) < 4.78 is 13.7. The molecule has 2 aromatic rings. The van der Waals surface area contributed by atoms with Crippen LogP contribution in [-0.4, -0.2) is 28.8 Å². The van der Waals surface area contributed by atoms with Gasteiger partial charge >= 0.3 is 0 Å². The van der Waals surface area contributed by atoms with Gasteiger partial charge in [-0.15, -0.1) is 11.3 Å². The van der Waals surface area contributed by atoms with Crippen LogP contribution in [0.15, 0.2) is 77.9 Å². The standard InChI is InChI=1S/C27H29FN2O2S/c1-3-9-23-24(4-2)29(20-10-6-5-7-11-20)27(32)26(23)30(21-15-13-19(28)14-16-21)25(31)18-22-12-8-17-33-22/h3-4,8-9,12-17,20,26H,2,5-7,10-11,18H2,1H3/b9-3-. The molecular weight excluding hydrogens is 435 g/mol. The molecule has 1 aliphatic heterocycles. The number of benzene rings is 1. The third kappa shape index (κ3) is 4.71. The maximum atomic E-state index is 14.0. The van der Waals surface area contributed by atoms with Gasteiger partial charge in [0.05, 0.1) is 6.42 Å². The van der Waals surface area contributed by atoms with Crippen LogP contribution in [-0.2, 0) is 16.0 Å². The minimum atomic E-state index is -0.811. The molecule has 0 spiro atoms. The Morgan fingerprint density at radius 2 is 1.94 bits per heavy atom. The second kappa shape index (κ2) is 10.3. The molecule has 4 nitrogen and oxygen atoms in total. The lowest BCUT2D eigenvalue weighted by Crippen LogP contribution is -2.50. The average molecular weight is 465 g/mol. The van der Waals surface area contributed by atoms with Crippen LogP contribution in [0.2, 0.25) is 0 Å². The van der Waals surface area contributed by atoms with Crippen molar-refractivity contribution in [2.45, 2.75) is 57.5 Å². The van der Waals surface area contributed by atoms with Crippen molar-refractivity contribution in [2.24, 2.45) is 0 Å². The third-order valence-electron chi connectivity index (χ3n) is 6.34. The molecule has 1 unspecified atom stereocenters. The molecule has 1 aromatic heterocycles. The molecule has 2 aliphatic rings. The van der Waals surface area contributed by atoms with Gasteiger partial charge in [-0.2, -0.15) is 0 Å². The number of hydrogen-bond acceptors (Lipinski definition) is 3. The summed E-state index contributed by atoms with van der Waals surface area (Å²) in [5, 5.41) is 1.93. The fourth-order valence-corrected chi connectivity index (χ4v) is 5.58. The first-order valence-corrected chi connectivity index (χ1v) is 12.4. The van der Waals surface area contributed by atoms with Gasteiger partial charge in [-0.05, 0) is 61.6 Å². The molecule has 0 saturated heterocycles. The van der Waals surface area contributed by atoms with Crippen LogP contribution in [0.5, 0.6) is 0 Å². The van der Waals surface area contributed by atoms with Crippen molar-refractivity contribution in [3.63, 3.8) is 0 Å². The van der Waals surface area contributed by atoms with Gasteiger partial charge in [0.2, 0.25) is 5.91 Å². The van der Waals surface area contributed by atoms with E-state index in [1.54, 1.807) is 23.1 Å². The number of carbonyl (C=O) groups is 2. The second-order valence-corrected chi connectivity index (χ2v) is 9.48. The Balaban J connectivity index is 1.80. The van der Waals surface area contributed by atoms with Crippen LogP contribution in [0.25, 0.3) is 0 Å². The normalized spacial score (nSPS) is 19.5. The highest BCUT2D eigenvalue weighted by molar-refractivity contribution is 7.10. The zero-order chi connectivity index (χ0) is 23.4. The van der Waals surface area contributed by atoms with Gasteiger partial charge < -0.3 is 4.90 Å². The molecular formula is C27H29FN2O2S. The quantitative estimate of drug-likeness (QED) is 0.503. The van der Waals surface area contributed by atoms with Gasteiger partial charge in [-0.25, -0.2) is 4.39 Å². The smallest absolute Gasteiger partial charge is 0.255 e. The molecule has 0 bridgehead atoms. The predicted molar refractivity (Wildman–Crippen MR) is 131 cm³/mol. The maximum Gasteiger partial charge on any atom is 0.255 e. The summed E-state index contributed by atoms with van der Waals surface area (Å²) in [6.07, 6.45) is 10.9. The molecule has 4 rings (SSSR count). The lowest BCUT2D eigenvalue weighted by molar-refractivity contribution is -0.132. The first-order chi connectivity index (χ1) is 16.0. The Hall–Kier alpha value is -2.99. The minimum Gasteiger partial charge on any atom is -0.307 e. The summed E-state index contributed by atoms with van der Waals surface area (Å²) in [5.74, 6) is -0.700. The highest BCUT2D eigenvalue weighted by Crippen LogP contribution is 2.38. The van der Waals surface area contributed by atoms with E-state index < -0.39 is 6.04 Å². The van der Waals surface area contributed by atoms with Crippen molar-refractivity contribution >= 4 is 28.8 Å². The molecule has 1 saturated carbocycles. The van der Waals surface area contributed by atoms with Gasteiger partial charge in [0.1, 0.15) is 11.9 Å². The van der Waals surface area contributed by atoms with E-state index >= 15 is 0 Å². The molecule has 2 heterocycles. The average Bonchev–Trinajstić information content (AvgIpc) is 3.42. The summed E-state index contributed by atoms with van der Waals surface area (Å²) in [6.45, 7) is 5.90. The topological polar surface area (TPSA) is 40.6 Å². The Morgan fingerprint density at radius 1 is 1.21 bits per heavy atom. The van der Waals surface area contributed by atoms with Gasteiger partial charge in [0.25, 0.3) is 5.91 Å². The summed E-state index contributed by atoms with van der Waals surface area (Å²) in [4.78, 5) is 32.0. The molecule has 172 valence electrons. The number of halogens is 1. The van der Waals surface area contributed by atoms with Crippen LogP contribution >= 0.6 is 11.3 Å². The number of hydrogen-bond donors (Lipinski definition) is 0. The number of rotatable bonds is 7. The van der Waals surface area contributed by atoms with Gasteiger partial charge in [0.15, 0.2) is 0 Å². The monoisotopic (exact) mass is 464 g/mol. The van der Waals surface area contributed by atoms with E-state index in [4.69, 9.17) is 0 Å². The van der Waals surface area contributed by atoms with E-state index in [9.17, 15) is 14.0 Å². The van der Waals surface area contributed by atoms with E-state index in [2.05, 4.69) is 6.58 Å². The van der Waals surface area contributed by atoms with E-state index in [1.165, 1.54) is 29.9 Å². The highest BCUT2D eigenvalue weighted by Gasteiger charge is 2.45. The molecule has 2 amide bonds. The van der Waals surface area contributed by atoms with Gasteiger partial charge in [0, 0.05) is 27.9 Å². The molecule has 0 N–H and O–H groups in total. The number of anilines is 1. The highest BCUT2D eigenvalue weighted by atomic mass is 32.1. The molecule has 1 aromatic carbocycles. The zero-order valence-corrected chi connectivity index (χ0v) is 19.7. The Labute approximate surface area is 198 Å². The summed E-state index contributed by atoms with van der Waals surface area (Å²) in [7, 11) is 0. The molecule has 33 heavy (non-hydrogen) atoms. The largest absolute Gasteiger partial charge is 0.307 e. The second-order valence-electron chi connectivity index (χ2n) is 8.44. The third-order valence-corrected chi connectivity index (χ3v) is 7.21. The Bertz CT molecular complexity index is 1070. The van der Waals surface area contributed by atoms with E-state index in [-0.39, 0.29) is 30.1 Å². The van der Waals surface area contributed by atoms with Crippen LogP contribution in [0.3, 0.4) is 0 Å². The minimum absolute atomic E-state index is 0.104. The molecule has 1 atom stereocenters. The van der Waals surface area contributed by atoms with Crippen molar-refractivity contribution in [1.29, 1.82) is 0 Å². The number of carbonyl (C=O) groups excluding carboxylic acids is 2. The van der Waals surface area contributed by atoms with Crippen molar-refractivity contribution in [3.8, 4) is 0 Å². The predicted octanol–water partition coefficient (Wildman–Crippen LogP) is 6.02. The molecule has 1 fully saturated rings. The Morgan fingerprint density at radius 3 is 2.55 bits per heavy atom. The first-order valence-electron chi connectivity index (χ1n) is 11.5. The zero-order valence-electron chi connectivity index (χ0n) is 18.9. The molecule has 0 radical (unpaired) electrons. The van der Waals surface area contributed by atoms with Crippen molar-refractivity contribution < 1.29 is 14.0 Å². The summed E-state index contributed by atoms with van der Waals surface area (Å²) in [5.41, 5.74) is 2.03. The number of thiophene rings is 1. The fraction of sp³-hybridized carbons (Fsp3) is 0.333. The fourth-order valence-electron chi connectivity index (χ4n) is 4.89. The van der Waals surface area contributed by atoms with Crippen molar-refractivity contribution in [2.75, 3.05) is 4.90 Å². The van der Waals surface area contributed by atoms with Crippen molar-refractivity contribution in [3.05, 3.63) is 88.5 Å². The summed E-state index contributed by atoms with van der Waals surface area (Å²) in [6, 6.07) is 8.90. The van der Waals surface area contributed by atoms with Crippen molar-refractivity contribution in [1.82, 2.24) is 4.90 Å². The Kier molecular flexibility index (Phi) is 7.23. The maximum absolute atomic E-state index is 14.0. The lowest BCUT2D eigenvalue weighted by Gasteiger charge is -2.34. The van der Waals surface area contributed by atoms with E-state index in [0.717, 1.165) is 41.8 Å². The SMILES string of the molecule is C=CC1=C(/C=C\C)C(N(C(=O)Cc2cccs2)c2ccc(F)cc2)C(=O)N1C1CCCCC1. The van der Waals surface area contributed by atoms with E-state index in [1.807, 2.05) is 41.5 Å². The van der Waals surface area contributed by atoms with Gasteiger partial charge in [-0.1, -0.05) is 44.1 Å². The first kappa shape index (κ1) is 23.2. The lowest BCUT2D eigenvalue weighted by atomic mass is 9.94. The van der Waals surface area contributed by atoms with Crippen LogP contribution in [0.1, 0.15) is 43.9 Å². The van der Waals surface area contributed by atoms with Gasteiger partial charge in [-0.3, -0.25) is 14.5 Å². The van der Waals surface area contributed by atoms with Crippen LogP contribution in [0.4, 0.5) is 10.1 Å². The number of allylic oxidation sites excluding steroid dienone is 2. The molecule has 1 aliphatic carbocycles. The number of nitrogens with zero attached hydrogens (tertiary/aromatic N) is 2. The molecule has 6 heteroatoms. The van der Waals surface area contributed by atoms with E-state index in [0.29, 0.717) is 5.69 Å². The number of amides is 2. The summed E-state index contributed by atoms with van der Waals surface area (Å²) >= 11 is 1.50.